The minimum atomic E-state index is -0.429. The van der Waals surface area contributed by atoms with Crippen molar-refractivity contribution < 1.29 is 40.1 Å². The molecule has 0 saturated heterocycles. The topological polar surface area (TPSA) is 150 Å². The molecule has 0 bridgehead atoms. The summed E-state index contributed by atoms with van der Waals surface area (Å²) in [6, 6.07) is 2.06. The molecular weight excluding hydrogens is 324 g/mol. The van der Waals surface area contributed by atoms with Crippen LogP contribution in [0.3, 0.4) is 0 Å². The maximum absolute atomic E-state index is 9.46. The van der Waals surface area contributed by atoms with Gasteiger partial charge < -0.3 is 40.1 Å². The van der Waals surface area contributed by atoms with E-state index in [0.717, 1.165) is 21.3 Å². The van der Waals surface area contributed by atoms with E-state index in [9.17, 15) is 30.6 Å². The lowest BCUT2D eigenvalue weighted by atomic mass is 10.6. The fraction of sp³-hybridized carbons (Fsp3) is 0.429. The lowest BCUT2D eigenvalue weighted by Gasteiger charge is -2.09. The molecule has 0 fully saturated rings. The van der Waals surface area contributed by atoms with Gasteiger partial charge in [0.25, 0.3) is 0 Å². The summed E-state index contributed by atoms with van der Waals surface area (Å²) in [4.78, 5) is 0. The lowest BCUT2D eigenvalue weighted by Crippen LogP contribution is -2.12. The summed E-state index contributed by atoms with van der Waals surface area (Å²) in [6.07, 6.45) is 0. The second-order valence-electron chi connectivity index (χ2n) is 4.95. The monoisotopic (exact) mass is 344 g/mol. The Bertz CT molecular complexity index is 621. The van der Waals surface area contributed by atoms with Crippen molar-refractivity contribution in [3.8, 4) is 35.0 Å². The summed E-state index contributed by atoms with van der Waals surface area (Å²) >= 11 is 0. The minimum absolute atomic E-state index is 0.155. The molecule has 0 atom stereocenters. The van der Waals surface area contributed by atoms with Gasteiger partial charge in [0.1, 0.15) is 0 Å². The molecule has 10 nitrogen and oxygen atoms in total. The third kappa shape index (κ3) is 3.97. The third-order valence-electron chi connectivity index (χ3n) is 3.34. The van der Waals surface area contributed by atoms with Crippen LogP contribution in [0.4, 0.5) is 0 Å². The average molecular weight is 344 g/mol. The van der Waals surface area contributed by atoms with Crippen LogP contribution in [0.5, 0.6) is 35.0 Å². The Morgan fingerprint density at radius 1 is 0.625 bits per heavy atom. The van der Waals surface area contributed by atoms with Gasteiger partial charge in [0.05, 0.1) is 39.5 Å². The van der Waals surface area contributed by atoms with E-state index in [0.29, 0.717) is 0 Å². The third-order valence-corrected chi connectivity index (χ3v) is 3.34. The Morgan fingerprint density at radius 2 is 1.00 bits per heavy atom. The predicted octanol–water partition coefficient (Wildman–Crippen LogP) is 0.257. The van der Waals surface area contributed by atoms with Crippen LogP contribution >= 0.6 is 0 Å². The van der Waals surface area contributed by atoms with E-state index in [1.165, 1.54) is 0 Å². The number of nitrogens with zero attached hydrogens (tertiary/aromatic N) is 2. The van der Waals surface area contributed by atoms with Crippen LogP contribution in [0.1, 0.15) is 0 Å². The molecule has 2 rings (SSSR count). The first kappa shape index (κ1) is 17.6. The number of aromatic nitrogens is 2. The maximum atomic E-state index is 9.46. The zero-order chi connectivity index (χ0) is 17.7. The van der Waals surface area contributed by atoms with Gasteiger partial charge in [-0.1, -0.05) is 0 Å². The van der Waals surface area contributed by atoms with Gasteiger partial charge in [-0.2, -0.15) is 0 Å². The molecule has 2 heterocycles. The maximum Gasteiger partial charge on any atom is 0.237 e. The Labute approximate surface area is 137 Å². The number of ether oxygens (including phenoxy) is 2. The van der Waals surface area contributed by atoms with Crippen LogP contribution in [0.2, 0.25) is 0 Å². The van der Waals surface area contributed by atoms with E-state index in [1.54, 1.807) is 0 Å². The van der Waals surface area contributed by atoms with E-state index in [2.05, 4.69) is 0 Å². The second kappa shape index (κ2) is 7.70. The van der Waals surface area contributed by atoms with Crippen LogP contribution in [0.15, 0.2) is 12.1 Å². The average Bonchev–Trinajstić information content (AvgIpc) is 2.91. The predicted molar refractivity (Wildman–Crippen MR) is 80.5 cm³/mol. The summed E-state index contributed by atoms with van der Waals surface area (Å²) in [5.41, 5.74) is 0. The number of hydrogen-bond acceptors (Lipinski definition) is 8. The van der Waals surface area contributed by atoms with Crippen molar-refractivity contribution in [2.45, 2.75) is 13.1 Å². The van der Waals surface area contributed by atoms with Gasteiger partial charge in [-0.05, 0) is 0 Å². The molecule has 0 radical (unpaired) electrons. The van der Waals surface area contributed by atoms with Crippen molar-refractivity contribution >= 4 is 0 Å². The van der Waals surface area contributed by atoms with Gasteiger partial charge in [0.15, 0.2) is 23.3 Å². The normalized spacial score (nSPS) is 11.2. The molecule has 2 aromatic rings. The van der Waals surface area contributed by atoms with Crippen LogP contribution < -0.4 is 0 Å². The highest BCUT2D eigenvalue weighted by Crippen LogP contribution is 2.33. The van der Waals surface area contributed by atoms with Crippen LogP contribution in [0.25, 0.3) is 0 Å². The molecule has 10 heteroatoms. The molecule has 6 N–H and O–H groups in total. The standard InChI is InChI=1S/C14H20N2O8/c17-9-7-11(19)15(13(9)21)1-3-23-5-6-24-4-2-16-12(20)8-10(18)14(16)22/h7-8,17-22H,1-6H2. The van der Waals surface area contributed by atoms with E-state index >= 15 is 0 Å². The largest absolute Gasteiger partial charge is 0.503 e. The van der Waals surface area contributed by atoms with E-state index in [-0.39, 0.29) is 51.3 Å². The first-order valence-corrected chi connectivity index (χ1v) is 7.18. The highest BCUT2D eigenvalue weighted by molar-refractivity contribution is 5.40. The molecule has 0 saturated carbocycles. The molecule has 0 aliphatic rings. The summed E-state index contributed by atoms with van der Waals surface area (Å²) in [7, 11) is 0. The van der Waals surface area contributed by atoms with Gasteiger partial charge in [0.2, 0.25) is 11.8 Å². The lowest BCUT2D eigenvalue weighted by molar-refractivity contribution is 0.0402. The van der Waals surface area contributed by atoms with Crippen molar-refractivity contribution in [2.75, 3.05) is 26.4 Å². The van der Waals surface area contributed by atoms with Crippen LogP contribution in [0, 0.1) is 0 Å². The number of aromatic hydroxyl groups is 6. The summed E-state index contributed by atoms with van der Waals surface area (Å²) in [6.45, 7) is 1.19. The molecule has 0 spiro atoms. The fourth-order valence-corrected chi connectivity index (χ4v) is 2.10. The van der Waals surface area contributed by atoms with Crippen molar-refractivity contribution in [1.82, 2.24) is 9.13 Å². The molecule has 2 aromatic heterocycles. The van der Waals surface area contributed by atoms with E-state index in [4.69, 9.17) is 9.47 Å². The van der Waals surface area contributed by atoms with Gasteiger partial charge in [-0.3, -0.25) is 9.13 Å². The zero-order valence-corrected chi connectivity index (χ0v) is 12.8. The molecule has 24 heavy (non-hydrogen) atoms. The van der Waals surface area contributed by atoms with Crippen molar-refractivity contribution in [1.29, 1.82) is 0 Å². The zero-order valence-electron chi connectivity index (χ0n) is 12.8. The quantitative estimate of drug-likeness (QED) is 0.355. The van der Waals surface area contributed by atoms with E-state index in [1.807, 2.05) is 0 Å². The summed E-state index contributed by atoms with van der Waals surface area (Å²) in [5, 5.41) is 56.2. The highest BCUT2D eigenvalue weighted by Gasteiger charge is 2.13. The van der Waals surface area contributed by atoms with Crippen molar-refractivity contribution in [3.05, 3.63) is 12.1 Å². The Kier molecular flexibility index (Phi) is 5.66. The fourth-order valence-electron chi connectivity index (χ4n) is 2.10. The number of rotatable bonds is 9. The molecule has 0 aliphatic heterocycles. The van der Waals surface area contributed by atoms with Gasteiger partial charge >= 0.3 is 0 Å². The molecular formula is C14H20N2O8. The highest BCUT2D eigenvalue weighted by atomic mass is 16.5. The molecule has 0 unspecified atom stereocenters. The summed E-state index contributed by atoms with van der Waals surface area (Å²) in [5.74, 6) is -2.19. The molecule has 0 aliphatic carbocycles. The summed E-state index contributed by atoms with van der Waals surface area (Å²) < 4.78 is 12.7. The first-order valence-electron chi connectivity index (χ1n) is 7.18. The van der Waals surface area contributed by atoms with Crippen molar-refractivity contribution in [2.24, 2.45) is 0 Å². The number of hydrogen-bond donors (Lipinski definition) is 6. The van der Waals surface area contributed by atoms with E-state index < -0.39 is 23.3 Å². The van der Waals surface area contributed by atoms with Gasteiger partial charge in [0, 0.05) is 12.1 Å². The Morgan fingerprint density at radius 3 is 1.29 bits per heavy atom. The SMILES string of the molecule is Oc1cc(O)n(CCOCCOCCn2c(O)cc(O)c2O)c1O. The minimum Gasteiger partial charge on any atom is -0.503 e. The van der Waals surface area contributed by atoms with Crippen LogP contribution in [-0.2, 0) is 22.6 Å². The smallest absolute Gasteiger partial charge is 0.237 e. The molecule has 0 aromatic carbocycles. The van der Waals surface area contributed by atoms with Crippen LogP contribution in [-0.4, -0.2) is 66.2 Å². The molecule has 0 amide bonds. The second-order valence-corrected chi connectivity index (χ2v) is 4.95. The first-order chi connectivity index (χ1) is 11.4. The van der Waals surface area contributed by atoms with Crippen molar-refractivity contribution in [3.63, 3.8) is 0 Å². The van der Waals surface area contributed by atoms with Gasteiger partial charge in [-0.15, -0.1) is 0 Å². The van der Waals surface area contributed by atoms with Gasteiger partial charge in [-0.25, -0.2) is 0 Å². The Balaban J connectivity index is 1.59. The Hall–Kier alpha value is -2.72. The molecule has 134 valence electrons.